The average molecular weight is 279 g/mol. The lowest BCUT2D eigenvalue weighted by molar-refractivity contribution is -0.137. The van der Waals surface area contributed by atoms with Crippen molar-refractivity contribution in [1.82, 2.24) is 0 Å². The molecular formula is C16H16F3N. The Kier molecular flexibility index (Phi) is 3.86. The molecule has 106 valence electrons. The summed E-state index contributed by atoms with van der Waals surface area (Å²) < 4.78 is 38.2. The number of hydrogen-bond acceptors (Lipinski definition) is 1. The quantitative estimate of drug-likeness (QED) is 0.863. The molecule has 0 aliphatic heterocycles. The van der Waals surface area contributed by atoms with Crippen LogP contribution in [-0.4, -0.2) is 0 Å². The highest BCUT2D eigenvalue weighted by molar-refractivity contribution is 5.67. The summed E-state index contributed by atoms with van der Waals surface area (Å²) in [7, 11) is 0. The van der Waals surface area contributed by atoms with Crippen LogP contribution in [0.1, 0.15) is 22.3 Å². The summed E-state index contributed by atoms with van der Waals surface area (Å²) in [5, 5.41) is 0. The van der Waals surface area contributed by atoms with E-state index in [9.17, 15) is 13.2 Å². The van der Waals surface area contributed by atoms with Gasteiger partial charge in [0, 0.05) is 6.54 Å². The molecule has 0 saturated carbocycles. The van der Waals surface area contributed by atoms with Gasteiger partial charge in [-0.25, -0.2) is 0 Å². The molecule has 0 saturated heterocycles. The van der Waals surface area contributed by atoms with Crippen LogP contribution in [0, 0.1) is 13.8 Å². The predicted octanol–water partition coefficient (Wildman–Crippen LogP) is 4.45. The van der Waals surface area contributed by atoms with E-state index in [1.54, 1.807) is 6.07 Å². The van der Waals surface area contributed by atoms with Crippen LogP contribution in [0.2, 0.25) is 0 Å². The molecule has 2 N–H and O–H groups in total. The van der Waals surface area contributed by atoms with E-state index in [1.165, 1.54) is 12.1 Å². The zero-order valence-electron chi connectivity index (χ0n) is 11.4. The Morgan fingerprint density at radius 3 is 2.05 bits per heavy atom. The van der Waals surface area contributed by atoms with Gasteiger partial charge >= 0.3 is 6.18 Å². The van der Waals surface area contributed by atoms with E-state index < -0.39 is 11.7 Å². The number of halogens is 3. The van der Waals surface area contributed by atoms with Crippen LogP contribution in [0.25, 0.3) is 11.1 Å². The molecule has 2 rings (SSSR count). The minimum atomic E-state index is -4.32. The number of rotatable bonds is 2. The Hall–Kier alpha value is -1.81. The third-order valence-corrected chi connectivity index (χ3v) is 3.42. The van der Waals surface area contributed by atoms with Gasteiger partial charge in [-0.15, -0.1) is 0 Å². The molecule has 0 spiro atoms. The highest BCUT2D eigenvalue weighted by atomic mass is 19.4. The topological polar surface area (TPSA) is 26.0 Å². The van der Waals surface area contributed by atoms with Gasteiger partial charge in [0.05, 0.1) is 5.56 Å². The number of hydrogen-bond donors (Lipinski definition) is 1. The smallest absolute Gasteiger partial charge is 0.326 e. The molecule has 0 unspecified atom stereocenters. The summed E-state index contributed by atoms with van der Waals surface area (Å²) in [6.45, 7) is 4.28. The first-order chi connectivity index (χ1) is 9.32. The van der Waals surface area contributed by atoms with Crippen molar-refractivity contribution in [2.75, 3.05) is 0 Å². The van der Waals surface area contributed by atoms with Gasteiger partial charge in [-0.1, -0.05) is 24.3 Å². The SMILES string of the molecule is Cc1cc(-c2cccc(C(F)(F)F)c2)cc(C)c1CN. The van der Waals surface area contributed by atoms with Crippen molar-refractivity contribution in [3.8, 4) is 11.1 Å². The van der Waals surface area contributed by atoms with Gasteiger partial charge in [0.15, 0.2) is 0 Å². The highest BCUT2D eigenvalue weighted by Gasteiger charge is 2.30. The van der Waals surface area contributed by atoms with E-state index in [4.69, 9.17) is 5.73 Å². The number of alkyl halides is 3. The first kappa shape index (κ1) is 14.6. The lowest BCUT2D eigenvalue weighted by Gasteiger charge is -2.13. The minimum absolute atomic E-state index is 0.431. The Bertz CT molecular complexity index is 607. The van der Waals surface area contributed by atoms with Gasteiger partial charge in [-0.3, -0.25) is 0 Å². The maximum Gasteiger partial charge on any atom is 0.416 e. The van der Waals surface area contributed by atoms with Gasteiger partial charge in [0.25, 0.3) is 0 Å². The van der Waals surface area contributed by atoms with Crippen molar-refractivity contribution < 1.29 is 13.2 Å². The second-order valence-corrected chi connectivity index (χ2v) is 4.87. The van der Waals surface area contributed by atoms with E-state index in [2.05, 4.69) is 0 Å². The standard InChI is InChI=1S/C16H16F3N/c1-10-6-13(7-11(2)15(10)9-20)12-4-3-5-14(8-12)16(17,18)19/h3-8H,9,20H2,1-2H3. The molecule has 0 amide bonds. The first-order valence-electron chi connectivity index (χ1n) is 6.30. The number of nitrogens with two attached hydrogens (primary N) is 1. The van der Waals surface area contributed by atoms with Crippen molar-refractivity contribution >= 4 is 0 Å². The molecule has 1 nitrogen and oxygen atoms in total. The second-order valence-electron chi connectivity index (χ2n) is 4.87. The van der Waals surface area contributed by atoms with Gasteiger partial charge in [-0.2, -0.15) is 13.2 Å². The molecule has 4 heteroatoms. The monoisotopic (exact) mass is 279 g/mol. The van der Waals surface area contributed by atoms with Gasteiger partial charge in [-0.05, 0) is 53.8 Å². The summed E-state index contributed by atoms with van der Waals surface area (Å²) in [6.07, 6.45) is -4.32. The third-order valence-electron chi connectivity index (χ3n) is 3.42. The highest BCUT2D eigenvalue weighted by Crippen LogP contribution is 2.33. The molecule has 0 bridgehead atoms. The van der Waals surface area contributed by atoms with Crippen LogP contribution >= 0.6 is 0 Å². The fourth-order valence-corrected chi connectivity index (χ4v) is 2.36. The maximum absolute atomic E-state index is 12.7. The number of aryl methyl sites for hydroxylation is 2. The van der Waals surface area contributed by atoms with E-state index in [1.807, 2.05) is 26.0 Å². The van der Waals surface area contributed by atoms with Crippen LogP contribution in [-0.2, 0) is 12.7 Å². The normalized spacial score (nSPS) is 11.7. The molecule has 2 aromatic rings. The van der Waals surface area contributed by atoms with Crippen molar-refractivity contribution in [2.45, 2.75) is 26.6 Å². The molecule has 0 radical (unpaired) electrons. The van der Waals surface area contributed by atoms with Crippen LogP contribution in [0.5, 0.6) is 0 Å². The van der Waals surface area contributed by atoms with Crippen molar-refractivity contribution in [2.24, 2.45) is 5.73 Å². The fourth-order valence-electron chi connectivity index (χ4n) is 2.36. The Labute approximate surface area is 116 Å². The van der Waals surface area contributed by atoms with Crippen molar-refractivity contribution in [1.29, 1.82) is 0 Å². The van der Waals surface area contributed by atoms with Gasteiger partial charge in [0.2, 0.25) is 0 Å². The Morgan fingerprint density at radius 1 is 0.950 bits per heavy atom. The largest absolute Gasteiger partial charge is 0.416 e. The molecule has 20 heavy (non-hydrogen) atoms. The summed E-state index contributed by atoms with van der Waals surface area (Å²) in [4.78, 5) is 0. The summed E-state index contributed by atoms with van der Waals surface area (Å²) in [5.74, 6) is 0. The summed E-state index contributed by atoms with van der Waals surface area (Å²) >= 11 is 0. The molecule has 0 aliphatic carbocycles. The van der Waals surface area contributed by atoms with Gasteiger partial charge in [0.1, 0.15) is 0 Å². The molecule has 0 heterocycles. The third kappa shape index (κ3) is 2.85. The van der Waals surface area contributed by atoms with Crippen LogP contribution < -0.4 is 5.73 Å². The van der Waals surface area contributed by atoms with E-state index >= 15 is 0 Å². The molecule has 0 fully saturated rings. The summed E-state index contributed by atoms with van der Waals surface area (Å²) in [6, 6.07) is 9.13. The fraction of sp³-hybridized carbons (Fsp3) is 0.250. The Morgan fingerprint density at radius 2 is 1.55 bits per heavy atom. The Balaban J connectivity index is 2.52. The maximum atomic E-state index is 12.7. The van der Waals surface area contributed by atoms with Crippen LogP contribution in [0.4, 0.5) is 13.2 Å². The molecule has 0 atom stereocenters. The lowest BCUT2D eigenvalue weighted by atomic mass is 9.95. The van der Waals surface area contributed by atoms with E-state index in [-0.39, 0.29) is 0 Å². The second kappa shape index (κ2) is 5.29. The summed E-state index contributed by atoms with van der Waals surface area (Å²) in [5.41, 5.74) is 9.43. The molecular weight excluding hydrogens is 263 g/mol. The molecule has 0 aromatic heterocycles. The molecule has 2 aromatic carbocycles. The van der Waals surface area contributed by atoms with Crippen molar-refractivity contribution in [3.05, 3.63) is 58.7 Å². The minimum Gasteiger partial charge on any atom is -0.326 e. The number of benzene rings is 2. The zero-order chi connectivity index (χ0) is 14.9. The first-order valence-corrected chi connectivity index (χ1v) is 6.30. The predicted molar refractivity (Wildman–Crippen MR) is 74.2 cm³/mol. The average Bonchev–Trinajstić information content (AvgIpc) is 2.37. The van der Waals surface area contributed by atoms with E-state index in [0.29, 0.717) is 12.1 Å². The van der Waals surface area contributed by atoms with Crippen LogP contribution in [0.15, 0.2) is 36.4 Å². The van der Waals surface area contributed by atoms with E-state index in [0.717, 1.165) is 28.3 Å². The van der Waals surface area contributed by atoms with Crippen LogP contribution in [0.3, 0.4) is 0 Å². The van der Waals surface area contributed by atoms with Crippen molar-refractivity contribution in [3.63, 3.8) is 0 Å². The van der Waals surface area contributed by atoms with Gasteiger partial charge < -0.3 is 5.73 Å². The molecule has 0 aliphatic rings. The lowest BCUT2D eigenvalue weighted by Crippen LogP contribution is -2.05. The zero-order valence-corrected chi connectivity index (χ0v) is 11.4.